The van der Waals surface area contributed by atoms with Gasteiger partial charge in [-0.3, -0.25) is 14.5 Å². The zero-order valence-electron chi connectivity index (χ0n) is 16.8. The molecule has 0 aromatic heterocycles. The summed E-state index contributed by atoms with van der Waals surface area (Å²) in [7, 11) is 0. The maximum atomic E-state index is 13.1. The molecule has 0 unspecified atom stereocenters. The van der Waals surface area contributed by atoms with Crippen LogP contribution in [0.25, 0.3) is 0 Å². The Hall–Kier alpha value is -3.35. The number of nitrogens with one attached hydrogen (secondary N) is 1. The normalized spacial score (nSPS) is 20.2. The van der Waals surface area contributed by atoms with E-state index < -0.39 is 17.5 Å². The molecular weight excluding hydrogens is 372 g/mol. The van der Waals surface area contributed by atoms with Crippen molar-refractivity contribution in [2.75, 3.05) is 13.3 Å². The number of rotatable bonds is 4. The van der Waals surface area contributed by atoms with E-state index in [9.17, 15) is 14.4 Å². The molecule has 1 fully saturated rings. The molecule has 0 aliphatic carbocycles. The second kappa shape index (κ2) is 6.62. The number of aryl methyl sites for hydroxylation is 3. The molecule has 2 aliphatic heterocycles. The van der Waals surface area contributed by atoms with Crippen molar-refractivity contribution in [1.29, 1.82) is 0 Å². The van der Waals surface area contributed by atoms with Crippen molar-refractivity contribution in [1.82, 2.24) is 10.2 Å². The first-order valence-corrected chi connectivity index (χ1v) is 9.36. The number of nitrogens with zero attached hydrogens (tertiary/aromatic N) is 1. The molecular formula is C22H22N2O5. The van der Waals surface area contributed by atoms with Crippen LogP contribution in [0.2, 0.25) is 0 Å². The topological polar surface area (TPSA) is 84.9 Å². The molecule has 2 aromatic carbocycles. The maximum Gasteiger partial charge on any atom is 0.325 e. The lowest BCUT2D eigenvalue weighted by atomic mass is 9.91. The summed E-state index contributed by atoms with van der Waals surface area (Å²) in [6.45, 7) is 7.18. The molecule has 7 heteroatoms. The molecule has 150 valence electrons. The van der Waals surface area contributed by atoms with Crippen LogP contribution in [0.15, 0.2) is 30.3 Å². The lowest BCUT2D eigenvalue weighted by Crippen LogP contribution is -2.41. The Balaban J connectivity index is 1.60. The van der Waals surface area contributed by atoms with Crippen LogP contribution >= 0.6 is 0 Å². The van der Waals surface area contributed by atoms with E-state index in [1.54, 1.807) is 25.1 Å². The van der Waals surface area contributed by atoms with Crippen molar-refractivity contribution in [2.24, 2.45) is 0 Å². The van der Waals surface area contributed by atoms with Gasteiger partial charge in [0.2, 0.25) is 6.79 Å². The van der Waals surface area contributed by atoms with Crippen LogP contribution in [0, 0.1) is 20.8 Å². The number of amides is 3. The van der Waals surface area contributed by atoms with E-state index in [4.69, 9.17) is 9.47 Å². The molecule has 2 aromatic rings. The third kappa shape index (κ3) is 3.03. The SMILES string of the molecule is Cc1cc(C)c(C(=O)CN2C(=O)N[C@](C)(c3ccc4c(c3)OCO4)C2=O)cc1C. The van der Waals surface area contributed by atoms with Crippen molar-refractivity contribution in [3.05, 3.63) is 58.1 Å². The molecule has 1 saturated heterocycles. The number of fused-ring (bicyclic) bond motifs is 1. The quantitative estimate of drug-likeness (QED) is 0.637. The summed E-state index contributed by atoms with van der Waals surface area (Å²) in [5, 5.41) is 2.72. The largest absolute Gasteiger partial charge is 0.454 e. The molecule has 0 radical (unpaired) electrons. The Kier molecular flexibility index (Phi) is 4.33. The summed E-state index contributed by atoms with van der Waals surface area (Å²) in [6, 6.07) is 8.25. The van der Waals surface area contributed by atoms with E-state index in [1.807, 2.05) is 32.9 Å². The summed E-state index contributed by atoms with van der Waals surface area (Å²) < 4.78 is 10.7. The zero-order valence-corrected chi connectivity index (χ0v) is 16.8. The first-order valence-electron chi connectivity index (χ1n) is 9.36. The minimum Gasteiger partial charge on any atom is -0.454 e. The van der Waals surface area contributed by atoms with E-state index in [0.29, 0.717) is 22.6 Å². The van der Waals surface area contributed by atoms with Crippen LogP contribution in [-0.2, 0) is 10.3 Å². The number of hydrogen-bond acceptors (Lipinski definition) is 5. The van der Waals surface area contributed by atoms with Gasteiger partial charge in [0, 0.05) is 5.56 Å². The second-order valence-electron chi connectivity index (χ2n) is 7.69. The second-order valence-corrected chi connectivity index (χ2v) is 7.69. The van der Waals surface area contributed by atoms with E-state index in [0.717, 1.165) is 21.6 Å². The molecule has 0 spiro atoms. The summed E-state index contributed by atoms with van der Waals surface area (Å²) in [5.74, 6) is 0.359. The van der Waals surface area contributed by atoms with Crippen molar-refractivity contribution in [3.63, 3.8) is 0 Å². The van der Waals surface area contributed by atoms with Gasteiger partial charge in [-0.05, 0) is 68.1 Å². The van der Waals surface area contributed by atoms with E-state index in [1.165, 1.54) is 0 Å². The van der Waals surface area contributed by atoms with Crippen LogP contribution in [0.3, 0.4) is 0 Å². The van der Waals surface area contributed by atoms with E-state index in [2.05, 4.69) is 5.32 Å². The van der Waals surface area contributed by atoms with Gasteiger partial charge in [0.05, 0.1) is 6.54 Å². The molecule has 4 rings (SSSR count). The monoisotopic (exact) mass is 394 g/mol. The van der Waals surface area contributed by atoms with E-state index >= 15 is 0 Å². The smallest absolute Gasteiger partial charge is 0.325 e. The number of carbonyl (C=O) groups excluding carboxylic acids is 3. The summed E-state index contributed by atoms with van der Waals surface area (Å²) in [6.07, 6.45) is 0. The number of Topliss-reactive ketones (excluding diaryl/α,β-unsaturated/α-hetero) is 1. The fraction of sp³-hybridized carbons (Fsp3) is 0.318. The van der Waals surface area contributed by atoms with Crippen LogP contribution in [0.5, 0.6) is 11.5 Å². The molecule has 2 aliphatic rings. The van der Waals surface area contributed by atoms with Crippen LogP contribution in [0.4, 0.5) is 4.79 Å². The van der Waals surface area contributed by atoms with Crippen molar-refractivity contribution in [2.45, 2.75) is 33.2 Å². The van der Waals surface area contributed by atoms with Gasteiger partial charge < -0.3 is 14.8 Å². The number of urea groups is 1. The summed E-state index contributed by atoms with van der Waals surface area (Å²) in [5.41, 5.74) is 2.70. The average molecular weight is 394 g/mol. The number of carbonyl (C=O) groups is 3. The van der Waals surface area contributed by atoms with Gasteiger partial charge in [-0.15, -0.1) is 0 Å². The van der Waals surface area contributed by atoms with Gasteiger partial charge in [-0.1, -0.05) is 12.1 Å². The van der Waals surface area contributed by atoms with Crippen molar-refractivity contribution < 1.29 is 23.9 Å². The van der Waals surface area contributed by atoms with E-state index in [-0.39, 0.29) is 19.1 Å². The van der Waals surface area contributed by atoms with Crippen molar-refractivity contribution in [3.8, 4) is 11.5 Å². The molecule has 29 heavy (non-hydrogen) atoms. The first kappa shape index (κ1) is 19.0. The highest BCUT2D eigenvalue weighted by atomic mass is 16.7. The Bertz CT molecular complexity index is 1060. The predicted octanol–water partition coefficient (Wildman–Crippen LogP) is 2.99. The van der Waals surface area contributed by atoms with Crippen LogP contribution in [-0.4, -0.2) is 36.0 Å². The minimum atomic E-state index is -1.28. The average Bonchev–Trinajstić information content (AvgIpc) is 3.23. The minimum absolute atomic E-state index is 0.117. The molecule has 2 heterocycles. The van der Waals surface area contributed by atoms with Crippen LogP contribution < -0.4 is 14.8 Å². The fourth-order valence-corrected chi connectivity index (χ4v) is 3.73. The molecule has 7 nitrogen and oxygen atoms in total. The Morgan fingerprint density at radius 1 is 1.03 bits per heavy atom. The zero-order chi connectivity index (χ0) is 20.9. The summed E-state index contributed by atoms with van der Waals surface area (Å²) in [4.78, 5) is 39.5. The third-order valence-electron chi connectivity index (χ3n) is 5.67. The highest BCUT2D eigenvalue weighted by Gasteiger charge is 2.50. The van der Waals surface area contributed by atoms with Gasteiger partial charge in [0.25, 0.3) is 5.91 Å². The number of imide groups is 1. The number of ketones is 1. The molecule has 1 N–H and O–H groups in total. The predicted molar refractivity (Wildman–Crippen MR) is 105 cm³/mol. The fourth-order valence-electron chi connectivity index (χ4n) is 3.73. The first-order chi connectivity index (χ1) is 13.7. The molecule has 1 atom stereocenters. The lowest BCUT2D eigenvalue weighted by molar-refractivity contribution is -0.130. The number of benzene rings is 2. The van der Waals surface area contributed by atoms with Crippen molar-refractivity contribution >= 4 is 17.7 Å². The standard InChI is InChI=1S/C22H22N2O5/c1-12-7-14(3)16(8-13(12)2)17(25)10-24-20(26)22(4,23-21(24)27)15-5-6-18-19(9-15)29-11-28-18/h5-9H,10-11H2,1-4H3,(H,23,27)/t22-/m1/s1. The number of ether oxygens (including phenoxy) is 2. The molecule has 3 amide bonds. The third-order valence-corrected chi connectivity index (χ3v) is 5.67. The van der Waals surface area contributed by atoms with Crippen LogP contribution in [0.1, 0.15) is 39.5 Å². The summed E-state index contributed by atoms with van der Waals surface area (Å²) >= 11 is 0. The van der Waals surface area contributed by atoms with Gasteiger partial charge in [-0.2, -0.15) is 0 Å². The van der Waals surface area contributed by atoms with Gasteiger partial charge in [0.1, 0.15) is 5.54 Å². The maximum absolute atomic E-state index is 13.1. The molecule has 0 bridgehead atoms. The highest BCUT2D eigenvalue weighted by Crippen LogP contribution is 2.37. The van der Waals surface area contributed by atoms with Gasteiger partial charge in [-0.25, -0.2) is 4.79 Å². The number of hydrogen-bond donors (Lipinski definition) is 1. The molecule has 0 saturated carbocycles. The van der Waals surface area contributed by atoms with Gasteiger partial charge in [0.15, 0.2) is 17.3 Å². The lowest BCUT2D eigenvalue weighted by Gasteiger charge is -2.22. The highest BCUT2D eigenvalue weighted by molar-refractivity contribution is 6.11. The Labute approximate surface area is 168 Å². The Morgan fingerprint density at radius 3 is 2.48 bits per heavy atom. The Morgan fingerprint density at radius 2 is 1.72 bits per heavy atom. The van der Waals surface area contributed by atoms with Gasteiger partial charge >= 0.3 is 6.03 Å².